The summed E-state index contributed by atoms with van der Waals surface area (Å²) in [6, 6.07) is 9.15. The molecule has 0 spiro atoms. The molecule has 6 heteroatoms. The minimum atomic E-state index is -0.0369. The average Bonchev–Trinajstić information content (AvgIpc) is 2.88. The molecule has 1 aromatic heterocycles. The van der Waals surface area contributed by atoms with Gasteiger partial charge in [-0.05, 0) is 46.3 Å². The summed E-state index contributed by atoms with van der Waals surface area (Å²) in [5.74, 6) is 1.06. The molecule has 2 aromatic rings. The van der Waals surface area contributed by atoms with E-state index in [0.717, 1.165) is 15.1 Å². The van der Waals surface area contributed by atoms with E-state index in [9.17, 15) is 4.79 Å². The first-order chi connectivity index (χ1) is 9.15. The summed E-state index contributed by atoms with van der Waals surface area (Å²) in [5.41, 5.74) is 6.35. The summed E-state index contributed by atoms with van der Waals surface area (Å²) in [4.78, 5) is 12.7. The lowest BCUT2D eigenvalue weighted by atomic mass is 10.3. The van der Waals surface area contributed by atoms with Gasteiger partial charge in [0.05, 0.1) is 18.6 Å². The van der Waals surface area contributed by atoms with E-state index in [2.05, 4.69) is 21.2 Å². The Morgan fingerprint density at radius 1 is 1.42 bits per heavy atom. The fourth-order valence-electron chi connectivity index (χ4n) is 1.43. The van der Waals surface area contributed by atoms with Gasteiger partial charge in [-0.3, -0.25) is 4.79 Å². The highest BCUT2D eigenvalue weighted by Gasteiger charge is 2.06. The zero-order valence-corrected chi connectivity index (χ0v) is 12.5. The highest BCUT2D eigenvalue weighted by atomic mass is 79.9. The van der Waals surface area contributed by atoms with Gasteiger partial charge in [-0.2, -0.15) is 0 Å². The number of thioether (sulfide) groups is 1. The van der Waals surface area contributed by atoms with Gasteiger partial charge in [-0.15, -0.1) is 11.8 Å². The molecule has 0 saturated carbocycles. The molecule has 0 saturated heterocycles. The standard InChI is InChI=1S/C13H13BrN2O2S/c14-11-6-9(15)3-4-12(11)19-8-13(17)16-7-10-2-1-5-18-10/h1-6H,7-8,15H2,(H,16,17). The first-order valence-corrected chi connectivity index (χ1v) is 7.40. The van der Waals surface area contributed by atoms with Crippen molar-refractivity contribution in [2.75, 3.05) is 11.5 Å². The fraction of sp³-hybridized carbons (Fsp3) is 0.154. The van der Waals surface area contributed by atoms with Gasteiger partial charge in [-0.1, -0.05) is 0 Å². The minimum Gasteiger partial charge on any atom is -0.467 e. The smallest absolute Gasteiger partial charge is 0.230 e. The van der Waals surface area contributed by atoms with Crippen molar-refractivity contribution in [3.8, 4) is 0 Å². The zero-order chi connectivity index (χ0) is 13.7. The number of amides is 1. The maximum absolute atomic E-state index is 11.7. The molecule has 0 aliphatic rings. The molecule has 0 fully saturated rings. The molecule has 2 rings (SSSR count). The largest absolute Gasteiger partial charge is 0.467 e. The molecule has 19 heavy (non-hydrogen) atoms. The third kappa shape index (κ3) is 4.33. The second kappa shape index (κ2) is 6.68. The van der Waals surface area contributed by atoms with Gasteiger partial charge in [0, 0.05) is 15.1 Å². The van der Waals surface area contributed by atoms with Gasteiger partial charge in [0.1, 0.15) is 5.76 Å². The van der Waals surface area contributed by atoms with Crippen LogP contribution >= 0.6 is 27.7 Å². The van der Waals surface area contributed by atoms with Crippen molar-refractivity contribution in [3.05, 3.63) is 46.8 Å². The van der Waals surface area contributed by atoms with E-state index in [1.165, 1.54) is 11.8 Å². The topological polar surface area (TPSA) is 68.3 Å². The number of furan rings is 1. The molecule has 0 radical (unpaired) electrons. The van der Waals surface area contributed by atoms with E-state index >= 15 is 0 Å². The Balaban J connectivity index is 1.80. The maximum atomic E-state index is 11.7. The highest BCUT2D eigenvalue weighted by Crippen LogP contribution is 2.28. The fourth-order valence-corrected chi connectivity index (χ4v) is 2.92. The van der Waals surface area contributed by atoms with Gasteiger partial charge in [0.15, 0.2) is 0 Å². The number of halogens is 1. The Bertz CT molecular complexity index is 558. The molecule has 0 aliphatic heterocycles. The highest BCUT2D eigenvalue weighted by molar-refractivity contribution is 9.10. The lowest BCUT2D eigenvalue weighted by molar-refractivity contribution is -0.118. The molecule has 0 unspecified atom stereocenters. The predicted octanol–water partition coefficient (Wildman–Crippen LogP) is 3.03. The first kappa shape index (κ1) is 14.0. The van der Waals surface area contributed by atoms with Crippen LogP contribution in [0, 0.1) is 0 Å². The number of anilines is 1. The lowest BCUT2D eigenvalue weighted by Crippen LogP contribution is -2.24. The van der Waals surface area contributed by atoms with Crippen LogP contribution in [-0.2, 0) is 11.3 Å². The van der Waals surface area contributed by atoms with E-state index in [0.29, 0.717) is 18.0 Å². The number of rotatable bonds is 5. The lowest BCUT2D eigenvalue weighted by Gasteiger charge is -2.06. The number of nitrogen functional groups attached to an aromatic ring is 1. The SMILES string of the molecule is Nc1ccc(SCC(=O)NCc2ccco2)c(Br)c1. The molecule has 3 N–H and O–H groups in total. The van der Waals surface area contributed by atoms with Crippen LogP contribution in [0.25, 0.3) is 0 Å². The van der Waals surface area contributed by atoms with Crippen LogP contribution in [0.1, 0.15) is 5.76 Å². The molecule has 1 amide bonds. The van der Waals surface area contributed by atoms with Gasteiger partial charge in [0.25, 0.3) is 0 Å². The quantitative estimate of drug-likeness (QED) is 0.648. The van der Waals surface area contributed by atoms with Crippen LogP contribution in [0.4, 0.5) is 5.69 Å². The molecule has 0 aliphatic carbocycles. The van der Waals surface area contributed by atoms with Gasteiger partial charge in [0.2, 0.25) is 5.91 Å². The Morgan fingerprint density at radius 3 is 2.95 bits per heavy atom. The van der Waals surface area contributed by atoms with Crippen LogP contribution in [0.2, 0.25) is 0 Å². The number of benzene rings is 1. The minimum absolute atomic E-state index is 0.0369. The van der Waals surface area contributed by atoms with E-state index in [-0.39, 0.29) is 5.91 Å². The number of hydrogen-bond acceptors (Lipinski definition) is 4. The van der Waals surface area contributed by atoms with Crippen LogP contribution < -0.4 is 11.1 Å². The van der Waals surface area contributed by atoms with E-state index in [1.807, 2.05) is 24.3 Å². The van der Waals surface area contributed by atoms with Crippen molar-refractivity contribution in [1.29, 1.82) is 0 Å². The molecule has 1 heterocycles. The number of carbonyl (C=O) groups excluding carboxylic acids is 1. The molecule has 1 aromatic carbocycles. The van der Waals surface area contributed by atoms with Gasteiger partial charge in [-0.25, -0.2) is 0 Å². The summed E-state index contributed by atoms with van der Waals surface area (Å²) in [7, 11) is 0. The number of carbonyl (C=O) groups is 1. The number of nitrogens with one attached hydrogen (secondary N) is 1. The summed E-state index contributed by atoms with van der Waals surface area (Å²) >= 11 is 4.88. The van der Waals surface area contributed by atoms with Crippen molar-refractivity contribution in [2.45, 2.75) is 11.4 Å². The van der Waals surface area contributed by atoms with Gasteiger partial charge < -0.3 is 15.5 Å². The van der Waals surface area contributed by atoms with Crippen molar-refractivity contribution >= 4 is 39.3 Å². The monoisotopic (exact) mass is 340 g/mol. The molecule has 0 atom stereocenters. The third-order valence-electron chi connectivity index (χ3n) is 2.35. The van der Waals surface area contributed by atoms with Crippen LogP contribution in [0.5, 0.6) is 0 Å². The van der Waals surface area contributed by atoms with Crippen LogP contribution in [-0.4, -0.2) is 11.7 Å². The summed E-state index contributed by atoms with van der Waals surface area (Å²) in [5, 5.41) is 2.79. The molecule has 100 valence electrons. The van der Waals surface area contributed by atoms with Crippen molar-refractivity contribution in [3.63, 3.8) is 0 Å². The third-order valence-corrected chi connectivity index (χ3v) is 4.35. The number of nitrogens with two attached hydrogens (primary N) is 1. The molecule has 0 bridgehead atoms. The molecular weight excluding hydrogens is 328 g/mol. The Hall–Kier alpha value is -1.40. The van der Waals surface area contributed by atoms with Gasteiger partial charge >= 0.3 is 0 Å². The van der Waals surface area contributed by atoms with Crippen molar-refractivity contribution in [1.82, 2.24) is 5.32 Å². The van der Waals surface area contributed by atoms with Crippen LogP contribution in [0.15, 0.2) is 50.4 Å². The van der Waals surface area contributed by atoms with Crippen molar-refractivity contribution < 1.29 is 9.21 Å². The second-order valence-electron chi connectivity index (χ2n) is 3.83. The van der Waals surface area contributed by atoms with E-state index in [1.54, 1.807) is 12.3 Å². The summed E-state index contributed by atoms with van der Waals surface area (Å²) in [6.45, 7) is 0.412. The Morgan fingerprint density at radius 2 is 2.26 bits per heavy atom. The molecule has 4 nitrogen and oxygen atoms in total. The normalized spacial score (nSPS) is 10.4. The van der Waals surface area contributed by atoms with Crippen LogP contribution in [0.3, 0.4) is 0 Å². The Labute approximate surface area is 123 Å². The average molecular weight is 341 g/mol. The van der Waals surface area contributed by atoms with Crippen molar-refractivity contribution in [2.24, 2.45) is 0 Å². The summed E-state index contributed by atoms with van der Waals surface area (Å²) < 4.78 is 6.04. The predicted molar refractivity (Wildman–Crippen MR) is 79.8 cm³/mol. The maximum Gasteiger partial charge on any atom is 0.230 e. The Kier molecular flexibility index (Phi) is 4.93. The number of hydrogen-bond donors (Lipinski definition) is 2. The molecular formula is C13H13BrN2O2S. The van der Waals surface area contributed by atoms with E-state index < -0.39 is 0 Å². The first-order valence-electron chi connectivity index (χ1n) is 5.62. The zero-order valence-electron chi connectivity index (χ0n) is 10.1. The summed E-state index contributed by atoms with van der Waals surface area (Å²) in [6.07, 6.45) is 1.59. The second-order valence-corrected chi connectivity index (χ2v) is 5.71. The van der Waals surface area contributed by atoms with E-state index in [4.69, 9.17) is 10.2 Å².